The molecule has 1 atom stereocenters. The van der Waals surface area contributed by atoms with E-state index in [0.717, 1.165) is 12.1 Å². The van der Waals surface area contributed by atoms with E-state index in [0.29, 0.717) is 18.1 Å². The number of benzene rings is 1. The molecule has 0 aromatic heterocycles. The van der Waals surface area contributed by atoms with Crippen molar-refractivity contribution in [2.75, 3.05) is 27.4 Å². The summed E-state index contributed by atoms with van der Waals surface area (Å²) in [7, 11) is 3.21. The van der Waals surface area contributed by atoms with Gasteiger partial charge in [0, 0.05) is 11.6 Å². The second-order valence-corrected chi connectivity index (χ2v) is 4.91. The lowest BCUT2D eigenvalue weighted by Crippen LogP contribution is -2.42. The first-order valence-electron chi connectivity index (χ1n) is 7.13. The Hall–Kier alpha value is -1.75. The summed E-state index contributed by atoms with van der Waals surface area (Å²) in [4.78, 5) is 11.9. The third-order valence-corrected chi connectivity index (χ3v) is 3.37. The monoisotopic (exact) mass is 295 g/mol. The molecule has 1 aromatic rings. The Labute approximate surface area is 126 Å². The van der Waals surface area contributed by atoms with Crippen molar-refractivity contribution in [3.8, 4) is 11.5 Å². The van der Waals surface area contributed by atoms with Crippen molar-refractivity contribution in [2.45, 2.75) is 32.7 Å². The summed E-state index contributed by atoms with van der Waals surface area (Å²) in [6.07, 6.45) is 0.234. The summed E-state index contributed by atoms with van der Waals surface area (Å²) >= 11 is 0. The highest BCUT2D eigenvalue weighted by molar-refractivity contribution is 5.71. The number of methoxy groups -OCH3 is 2. The molecule has 0 heterocycles. The fourth-order valence-electron chi connectivity index (χ4n) is 2.40. The number of carbonyl (C=O) groups excluding carboxylic acids is 1. The maximum absolute atomic E-state index is 11.9. The largest absolute Gasteiger partial charge is 0.497 e. The normalized spacial score (nSPS) is 13.4. The van der Waals surface area contributed by atoms with Crippen molar-refractivity contribution in [3.63, 3.8) is 0 Å². The zero-order valence-electron chi connectivity index (χ0n) is 13.5. The van der Waals surface area contributed by atoms with Gasteiger partial charge in [-0.2, -0.15) is 0 Å². The highest BCUT2D eigenvalue weighted by atomic mass is 16.5. The summed E-state index contributed by atoms with van der Waals surface area (Å²) in [5.74, 6) is 1.16. The van der Waals surface area contributed by atoms with Crippen LogP contribution in [0.5, 0.6) is 11.5 Å². The van der Waals surface area contributed by atoms with Crippen molar-refractivity contribution < 1.29 is 19.0 Å². The highest BCUT2D eigenvalue weighted by Crippen LogP contribution is 2.35. The van der Waals surface area contributed by atoms with Crippen LogP contribution in [0.3, 0.4) is 0 Å². The quantitative estimate of drug-likeness (QED) is 0.747. The molecular weight excluding hydrogens is 270 g/mol. The molecule has 0 saturated heterocycles. The summed E-state index contributed by atoms with van der Waals surface area (Å²) in [6.45, 7) is 6.87. The first-order valence-corrected chi connectivity index (χ1v) is 7.13. The Bertz CT molecular complexity index is 475. The predicted molar refractivity (Wildman–Crippen MR) is 81.8 cm³/mol. The van der Waals surface area contributed by atoms with Crippen molar-refractivity contribution in [1.82, 2.24) is 5.32 Å². The Morgan fingerprint density at radius 3 is 2.48 bits per heavy atom. The molecule has 0 aliphatic heterocycles. The number of rotatable bonds is 8. The van der Waals surface area contributed by atoms with Crippen molar-refractivity contribution in [2.24, 2.45) is 0 Å². The molecule has 0 spiro atoms. The van der Waals surface area contributed by atoms with Crippen molar-refractivity contribution >= 4 is 5.97 Å². The molecule has 21 heavy (non-hydrogen) atoms. The first kappa shape index (κ1) is 17.3. The third-order valence-electron chi connectivity index (χ3n) is 3.37. The van der Waals surface area contributed by atoms with Gasteiger partial charge in [-0.15, -0.1) is 0 Å². The van der Waals surface area contributed by atoms with Crippen LogP contribution in [0.25, 0.3) is 0 Å². The van der Waals surface area contributed by atoms with E-state index >= 15 is 0 Å². The van der Waals surface area contributed by atoms with Crippen LogP contribution in [-0.4, -0.2) is 33.3 Å². The van der Waals surface area contributed by atoms with Gasteiger partial charge < -0.3 is 19.5 Å². The zero-order valence-corrected chi connectivity index (χ0v) is 13.5. The van der Waals surface area contributed by atoms with E-state index in [4.69, 9.17) is 14.2 Å². The Morgan fingerprint density at radius 2 is 1.95 bits per heavy atom. The average Bonchev–Trinajstić information content (AvgIpc) is 2.46. The fraction of sp³-hybridized carbons (Fsp3) is 0.562. The molecule has 1 aromatic carbocycles. The molecule has 0 fully saturated rings. The molecule has 0 amide bonds. The molecule has 1 N–H and O–H groups in total. The lowest BCUT2D eigenvalue weighted by Gasteiger charge is -2.31. The van der Waals surface area contributed by atoms with Crippen LogP contribution in [0, 0.1) is 0 Å². The van der Waals surface area contributed by atoms with Crippen LogP contribution < -0.4 is 14.8 Å². The van der Waals surface area contributed by atoms with E-state index in [2.05, 4.69) is 5.32 Å². The molecule has 0 aliphatic rings. The molecule has 0 saturated carbocycles. The molecule has 0 radical (unpaired) electrons. The average molecular weight is 295 g/mol. The maximum Gasteiger partial charge on any atom is 0.307 e. The van der Waals surface area contributed by atoms with Crippen LogP contribution in [0.15, 0.2) is 18.2 Å². The van der Waals surface area contributed by atoms with E-state index < -0.39 is 5.54 Å². The summed E-state index contributed by atoms with van der Waals surface area (Å²) in [5.41, 5.74) is 0.347. The molecular formula is C16H25NO4. The number of nitrogens with one attached hydrogen (secondary N) is 1. The van der Waals surface area contributed by atoms with Crippen molar-refractivity contribution in [3.05, 3.63) is 23.8 Å². The topological polar surface area (TPSA) is 56.8 Å². The predicted octanol–water partition coefficient (Wildman–Crippen LogP) is 2.48. The van der Waals surface area contributed by atoms with Gasteiger partial charge in [-0.05, 0) is 32.5 Å². The van der Waals surface area contributed by atoms with E-state index in [1.54, 1.807) is 21.1 Å². The second kappa shape index (κ2) is 7.88. The Balaban J connectivity index is 3.17. The Morgan fingerprint density at radius 1 is 1.24 bits per heavy atom. The number of ether oxygens (including phenoxy) is 3. The smallest absolute Gasteiger partial charge is 0.307 e. The first-order chi connectivity index (χ1) is 10.0. The molecule has 5 nitrogen and oxygen atoms in total. The molecule has 118 valence electrons. The lowest BCUT2D eigenvalue weighted by atomic mass is 9.87. The lowest BCUT2D eigenvalue weighted by molar-refractivity contribution is -0.144. The van der Waals surface area contributed by atoms with Gasteiger partial charge in [0.1, 0.15) is 11.5 Å². The molecule has 1 unspecified atom stereocenters. The van der Waals surface area contributed by atoms with Gasteiger partial charge in [0.05, 0.1) is 32.8 Å². The minimum absolute atomic E-state index is 0.234. The fourth-order valence-corrected chi connectivity index (χ4v) is 2.40. The number of esters is 1. The van der Waals surface area contributed by atoms with Crippen LogP contribution in [0.1, 0.15) is 32.8 Å². The molecule has 5 heteroatoms. The molecule has 0 aliphatic carbocycles. The van der Waals surface area contributed by atoms with Gasteiger partial charge in [0.15, 0.2) is 0 Å². The van der Waals surface area contributed by atoms with Gasteiger partial charge in [-0.1, -0.05) is 6.92 Å². The van der Waals surface area contributed by atoms with Crippen molar-refractivity contribution in [1.29, 1.82) is 0 Å². The zero-order chi connectivity index (χ0) is 15.9. The number of hydrogen-bond acceptors (Lipinski definition) is 5. The number of carbonyl (C=O) groups is 1. The van der Waals surface area contributed by atoms with Gasteiger partial charge >= 0.3 is 5.97 Å². The van der Waals surface area contributed by atoms with Crippen LogP contribution in [-0.2, 0) is 15.1 Å². The molecule has 0 bridgehead atoms. The number of hydrogen-bond donors (Lipinski definition) is 1. The van der Waals surface area contributed by atoms with E-state index in [1.807, 2.05) is 32.0 Å². The van der Waals surface area contributed by atoms with E-state index in [1.165, 1.54) is 0 Å². The van der Waals surface area contributed by atoms with Crippen LogP contribution in [0.4, 0.5) is 0 Å². The highest BCUT2D eigenvalue weighted by Gasteiger charge is 2.32. The Kier molecular flexibility index (Phi) is 6.49. The second-order valence-electron chi connectivity index (χ2n) is 4.91. The minimum Gasteiger partial charge on any atom is -0.497 e. The summed E-state index contributed by atoms with van der Waals surface area (Å²) in [5, 5.41) is 3.36. The van der Waals surface area contributed by atoms with Gasteiger partial charge in [-0.25, -0.2) is 0 Å². The third kappa shape index (κ3) is 4.36. The van der Waals surface area contributed by atoms with Crippen LogP contribution >= 0.6 is 0 Å². The standard InChI is InChI=1S/C16H25NO4/c1-6-17-16(3,11-15(18)21-7-2)13-9-8-12(19-4)10-14(13)20-5/h8-10,17H,6-7,11H2,1-5H3. The molecule has 1 rings (SSSR count). The van der Waals surface area contributed by atoms with E-state index in [-0.39, 0.29) is 12.4 Å². The van der Waals surface area contributed by atoms with Gasteiger partial charge in [0.2, 0.25) is 0 Å². The van der Waals surface area contributed by atoms with Gasteiger partial charge in [-0.3, -0.25) is 4.79 Å². The van der Waals surface area contributed by atoms with Crippen LogP contribution in [0.2, 0.25) is 0 Å². The summed E-state index contributed by atoms with van der Waals surface area (Å²) in [6, 6.07) is 5.59. The summed E-state index contributed by atoms with van der Waals surface area (Å²) < 4.78 is 15.7. The van der Waals surface area contributed by atoms with E-state index in [9.17, 15) is 4.79 Å². The SMILES string of the molecule is CCNC(C)(CC(=O)OCC)c1ccc(OC)cc1OC. The minimum atomic E-state index is -0.557. The maximum atomic E-state index is 11.9. The van der Waals surface area contributed by atoms with Gasteiger partial charge in [0.25, 0.3) is 0 Å².